The van der Waals surface area contributed by atoms with Gasteiger partial charge in [0.25, 0.3) is 0 Å². The van der Waals surface area contributed by atoms with Crippen LogP contribution in [0.15, 0.2) is 53.1 Å². The summed E-state index contributed by atoms with van der Waals surface area (Å²) in [7, 11) is 0. The molecule has 0 atom stereocenters. The van der Waals surface area contributed by atoms with Crippen molar-refractivity contribution in [1.82, 2.24) is 20.5 Å². The van der Waals surface area contributed by atoms with E-state index >= 15 is 0 Å². The van der Waals surface area contributed by atoms with Crippen LogP contribution in [0.25, 0.3) is 11.5 Å². The molecule has 3 rings (SSSR count). The van der Waals surface area contributed by atoms with Crippen LogP contribution in [-0.2, 0) is 17.8 Å². The maximum Gasteiger partial charge on any atom is 0.247 e. The van der Waals surface area contributed by atoms with Crippen LogP contribution in [0.2, 0.25) is 0 Å². The van der Waals surface area contributed by atoms with Crippen LogP contribution in [0.1, 0.15) is 18.0 Å². The van der Waals surface area contributed by atoms with E-state index in [4.69, 9.17) is 4.42 Å². The molecule has 0 saturated carbocycles. The Morgan fingerprint density at radius 1 is 1.12 bits per heavy atom. The molecule has 1 N–H and O–H groups in total. The second-order valence-corrected chi connectivity index (χ2v) is 5.11. The third-order valence-electron chi connectivity index (χ3n) is 3.32. The summed E-state index contributed by atoms with van der Waals surface area (Å²) in [4.78, 5) is 16.0. The fourth-order valence-electron chi connectivity index (χ4n) is 2.06. The number of aryl methyl sites for hydroxylation is 1. The monoisotopic (exact) mass is 326 g/mol. The van der Waals surface area contributed by atoms with Gasteiger partial charge >= 0.3 is 0 Å². The van der Waals surface area contributed by atoms with Gasteiger partial charge in [0.1, 0.15) is 5.82 Å². The first-order valence-corrected chi connectivity index (χ1v) is 7.45. The van der Waals surface area contributed by atoms with Crippen molar-refractivity contribution >= 4 is 5.91 Å². The molecule has 2 aromatic heterocycles. The molecular weight excluding hydrogens is 311 g/mol. The zero-order chi connectivity index (χ0) is 16.8. The Morgan fingerprint density at radius 3 is 2.71 bits per heavy atom. The second kappa shape index (κ2) is 7.45. The molecule has 0 radical (unpaired) electrons. The Hall–Kier alpha value is -3.09. The molecule has 3 aromatic rings. The summed E-state index contributed by atoms with van der Waals surface area (Å²) in [5, 5.41) is 10.6. The number of pyridine rings is 1. The number of halogens is 1. The average molecular weight is 326 g/mol. The lowest BCUT2D eigenvalue weighted by atomic mass is 10.2. The van der Waals surface area contributed by atoms with E-state index in [1.165, 1.54) is 12.1 Å². The molecule has 0 aliphatic heterocycles. The standard InChI is InChI=1S/C17H15FN4O2/c18-13-6-4-12(5-7-13)17-22-21-16(24-17)9-8-15(23)20-11-14-3-1-2-10-19-14/h1-7,10H,8-9,11H2,(H,20,23). The van der Waals surface area contributed by atoms with Gasteiger partial charge in [-0.2, -0.15) is 0 Å². The maximum absolute atomic E-state index is 12.9. The van der Waals surface area contributed by atoms with Crippen molar-refractivity contribution in [3.05, 3.63) is 66.1 Å². The molecule has 122 valence electrons. The van der Waals surface area contributed by atoms with E-state index in [-0.39, 0.29) is 18.1 Å². The van der Waals surface area contributed by atoms with E-state index in [0.29, 0.717) is 30.3 Å². The fraction of sp³-hybridized carbons (Fsp3) is 0.176. The Kier molecular flexibility index (Phi) is 4.90. The zero-order valence-corrected chi connectivity index (χ0v) is 12.8. The third kappa shape index (κ3) is 4.22. The summed E-state index contributed by atoms with van der Waals surface area (Å²) in [6.07, 6.45) is 2.25. The highest BCUT2D eigenvalue weighted by molar-refractivity contribution is 5.75. The highest BCUT2D eigenvalue weighted by Crippen LogP contribution is 2.18. The molecule has 0 saturated heterocycles. The summed E-state index contributed by atoms with van der Waals surface area (Å²) < 4.78 is 18.4. The predicted octanol–water partition coefficient (Wildman–Crippen LogP) is 2.52. The van der Waals surface area contributed by atoms with Crippen LogP contribution >= 0.6 is 0 Å². The molecule has 0 aliphatic carbocycles. The second-order valence-electron chi connectivity index (χ2n) is 5.11. The molecular formula is C17H15FN4O2. The molecule has 6 nitrogen and oxygen atoms in total. The number of benzene rings is 1. The maximum atomic E-state index is 12.9. The largest absolute Gasteiger partial charge is 0.421 e. The topological polar surface area (TPSA) is 80.9 Å². The van der Waals surface area contributed by atoms with Crippen molar-refractivity contribution in [3.63, 3.8) is 0 Å². The van der Waals surface area contributed by atoms with Crippen molar-refractivity contribution in [2.24, 2.45) is 0 Å². The Bertz CT molecular complexity index is 803. The van der Waals surface area contributed by atoms with Gasteiger partial charge in [0, 0.05) is 24.6 Å². The number of aromatic nitrogens is 3. The lowest BCUT2D eigenvalue weighted by molar-refractivity contribution is -0.121. The third-order valence-corrected chi connectivity index (χ3v) is 3.32. The van der Waals surface area contributed by atoms with Crippen LogP contribution in [-0.4, -0.2) is 21.1 Å². The Morgan fingerprint density at radius 2 is 1.96 bits per heavy atom. The van der Waals surface area contributed by atoms with Gasteiger partial charge in [-0.15, -0.1) is 10.2 Å². The van der Waals surface area contributed by atoms with E-state index in [1.54, 1.807) is 18.3 Å². The number of hydrogen-bond acceptors (Lipinski definition) is 5. The lowest BCUT2D eigenvalue weighted by Gasteiger charge is -2.03. The first kappa shape index (κ1) is 15.8. The average Bonchev–Trinajstić information content (AvgIpc) is 3.09. The number of carbonyl (C=O) groups excluding carboxylic acids is 1. The highest BCUT2D eigenvalue weighted by atomic mass is 19.1. The van der Waals surface area contributed by atoms with Crippen LogP contribution < -0.4 is 5.32 Å². The quantitative estimate of drug-likeness (QED) is 0.753. The highest BCUT2D eigenvalue weighted by Gasteiger charge is 2.10. The van der Waals surface area contributed by atoms with Gasteiger partial charge in [-0.25, -0.2) is 4.39 Å². The number of nitrogens with zero attached hydrogens (tertiary/aromatic N) is 3. The molecule has 24 heavy (non-hydrogen) atoms. The number of hydrogen-bond donors (Lipinski definition) is 1. The molecule has 7 heteroatoms. The van der Waals surface area contributed by atoms with E-state index in [0.717, 1.165) is 5.69 Å². The number of nitrogens with one attached hydrogen (secondary N) is 1. The minimum Gasteiger partial charge on any atom is -0.421 e. The first-order valence-electron chi connectivity index (χ1n) is 7.45. The molecule has 0 unspecified atom stereocenters. The first-order chi connectivity index (χ1) is 11.7. The van der Waals surface area contributed by atoms with E-state index in [1.807, 2.05) is 18.2 Å². The van der Waals surface area contributed by atoms with Gasteiger partial charge in [0.15, 0.2) is 0 Å². The predicted molar refractivity (Wildman–Crippen MR) is 84.1 cm³/mol. The van der Waals surface area contributed by atoms with Crippen LogP contribution in [0.3, 0.4) is 0 Å². The summed E-state index contributed by atoms with van der Waals surface area (Å²) in [6, 6.07) is 11.3. The molecule has 0 fully saturated rings. The Labute approximate surface area is 137 Å². The van der Waals surface area contributed by atoms with Crippen molar-refractivity contribution in [3.8, 4) is 11.5 Å². The smallest absolute Gasteiger partial charge is 0.247 e. The minimum atomic E-state index is -0.330. The van der Waals surface area contributed by atoms with E-state index in [9.17, 15) is 9.18 Å². The van der Waals surface area contributed by atoms with Gasteiger partial charge in [-0.3, -0.25) is 9.78 Å². The summed E-state index contributed by atoms with van der Waals surface area (Å²) in [5.74, 6) is 0.214. The van der Waals surface area contributed by atoms with E-state index < -0.39 is 0 Å². The van der Waals surface area contributed by atoms with Crippen LogP contribution in [0.4, 0.5) is 4.39 Å². The van der Waals surface area contributed by atoms with Gasteiger partial charge in [-0.1, -0.05) is 6.07 Å². The van der Waals surface area contributed by atoms with Gasteiger partial charge in [-0.05, 0) is 36.4 Å². The van der Waals surface area contributed by atoms with E-state index in [2.05, 4.69) is 20.5 Å². The molecule has 0 spiro atoms. The Balaban J connectivity index is 1.50. The molecule has 2 heterocycles. The van der Waals surface area contributed by atoms with Gasteiger partial charge < -0.3 is 9.73 Å². The van der Waals surface area contributed by atoms with Crippen molar-refractivity contribution < 1.29 is 13.6 Å². The summed E-state index contributed by atoms with van der Waals surface area (Å²) >= 11 is 0. The van der Waals surface area contributed by atoms with Crippen molar-refractivity contribution in [1.29, 1.82) is 0 Å². The molecule has 0 aliphatic rings. The van der Waals surface area contributed by atoms with Crippen LogP contribution in [0, 0.1) is 5.82 Å². The lowest BCUT2D eigenvalue weighted by Crippen LogP contribution is -2.23. The normalized spacial score (nSPS) is 10.5. The van der Waals surface area contributed by atoms with Crippen molar-refractivity contribution in [2.75, 3.05) is 0 Å². The number of carbonyl (C=O) groups is 1. The number of amides is 1. The molecule has 0 bridgehead atoms. The number of rotatable bonds is 6. The SMILES string of the molecule is O=C(CCc1nnc(-c2ccc(F)cc2)o1)NCc1ccccn1. The molecule has 1 aromatic carbocycles. The zero-order valence-electron chi connectivity index (χ0n) is 12.8. The minimum absolute atomic E-state index is 0.123. The summed E-state index contributed by atoms with van der Waals surface area (Å²) in [5.41, 5.74) is 1.43. The van der Waals surface area contributed by atoms with Crippen LogP contribution in [0.5, 0.6) is 0 Å². The van der Waals surface area contributed by atoms with Crippen molar-refractivity contribution in [2.45, 2.75) is 19.4 Å². The van der Waals surface area contributed by atoms with Gasteiger partial charge in [0.2, 0.25) is 17.7 Å². The van der Waals surface area contributed by atoms with Gasteiger partial charge in [0.05, 0.1) is 12.2 Å². The molecule has 1 amide bonds. The summed E-state index contributed by atoms with van der Waals surface area (Å²) in [6.45, 7) is 0.379. The fourth-order valence-corrected chi connectivity index (χ4v) is 2.06.